The van der Waals surface area contributed by atoms with Gasteiger partial charge >= 0.3 is 0 Å². The number of ether oxygens (including phenoxy) is 1. The van der Waals surface area contributed by atoms with E-state index in [1.165, 1.54) is 6.92 Å². The first-order valence-corrected chi connectivity index (χ1v) is 9.92. The Kier molecular flexibility index (Phi) is 6.16. The van der Waals surface area contributed by atoms with Crippen LogP contribution in [-0.2, 0) is 0 Å². The first-order valence-electron chi connectivity index (χ1n) is 9.92. The summed E-state index contributed by atoms with van der Waals surface area (Å²) in [6.45, 7) is 6.28. The van der Waals surface area contributed by atoms with Crippen molar-refractivity contribution in [2.75, 3.05) is 20.2 Å². The second-order valence-electron chi connectivity index (χ2n) is 7.70. The topological polar surface area (TPSA) is 63.7 Å². The van der Waals surface area contributed by atoms with Gasteiger partial charge in [-0.2, -0.15) is 0 Å². The molecular formula is C24H27NO4. The van der Waals surface area contributed by atoms with E-state index < -0.39 is 0 Å². The molecule has 152 valence electrons. The van der Waals surface area contributed by atoms with E-state index in [0.717, 1.165) is 29.7 Å². The molecule has 29 heavy (non-hydrogen) atoms. The Morgan fingerprint density at radius 2 is 1.66 bits per heavy atom. The van der Waals surface area contributed by atoms with Crippen LogP contribution in [0.1, 0.15) is 62.0 Å². The molecule has 1 heterocycles. The third kappa shape index (κ3) is 4.24. The fourth-order valence-electron chi connectivity index (χ4n) is 4.17. The van der Waals surface area contributed by atoms with Crippen LogP contribution in [0.3, 0.4) is 0 Å². The molecule has 1 aliphatic rings. The van der Waals surface area contributed by atoms with E-state index in [2.05, 4.69) is 0 Å². The summed E-state index contributed by atoms with van der Waals surface area (Å²) >= 11 is 0. The van der Waals surface area contributed by atoms with Crippen molar-refractivity contribution in [3.05, 3.63) is 64.2 Å². The van der Waals surface area contributed by atoms with Gasteiger partial charge in [-0.1, -0.05) is 18.2 Å². The number of ketones is 2. The van der Waals surface area contributed by atoms with E-state index >= 15 is 0 Å². The highest BCUT2D eigenvalue weighted by molar-refractivity contribution is 6.07. The number of carbonyl (C=O) groups excluding carboxylic acids is 3. The van der Waals surface area contributed by atoms with E-state index in [-0.39, 0.29) is 23.4 Å². The van der Waals surface area contributed by atoms with Crippen molar-refractivity contribution < 1.29 is 19.1 Å². The van der Waals surface area contributed by atoms with Crippen LogP contribution in [-0.4, -0.2) is 42.6 Å². The van der Waals surface area contributed by atoms with Crippen LogP contribution in [0.15, 0.2) is 36.4 Å². The molecular weight excluding hydrogens is 366 g/mol. The van der Waals surface area contributed by atoms with Gasteiger partial charge in [0.15, 0.2) is 11.6 Å². The summed E-state index contributed by atoms with van der Waals surface area (Å²) in [7, 11) is 1.63. The number of nitrogens with zero attached hydrogens (tertiary/aromatic N) is 1. The number of aryl methyl sites for hydroxylation is 2. The van der Waals surface area contributed by atoms with Gasteiger partial charge in [-0.25, -0.2) is 0 Å². The molecule has 0 radical (unpaired) electrons. The molecule has 1 unspecified atom stereocenters. The molecule has 3 rings (SSSR count). The number of benzene rings is 2. The van der Waals surface area contributed by atoms with Gasteiger partial charge < -0.3 is 9.64 Å². The quantitative estimate of drug-likeness (QED) is 0.713. The summed E-state index contributed by atoms with van der Waals surface area (Å²) in [5.74, 6) is 0.279. The summed E-state index contributed by atoms with van der Waals surface area (Å²) in [6.07, 6.45) is 1.51. The average molecular weight is 393 g/mol. The fraction of sp³-hybridized carbons (Fsp3) is 0.375. The second kappa shape index (κ2) is 8.60. The van der Waals surface area contributed by atoms with Crippen molar-refractivity contribution in [2.24, 2.45) is 5.92 Å². The Labute approximate surface area is 171 Å². The number of rotatable bonds is 5. The van der Waals surface area contributed by atoms with Crippen LogP contribution in [0.25, 0.3) is 0 Å². The van der Waals surface area contributed by atoms with Gasteiger partial charge in [-0.05, 0) is 62.9 Å². The Bertz CT molecular complexity index is 940. The molecule has 5 heteroatoms. The molecule has 2 aromatic rings. The van der Waals surface area contributed by atoms with Crippen LogP contribution in [0, 0.1) is 19.8 Å². The van der Waals surface area contributed by atoms with E-state index in [1.807, 2.05) is 26.0 Å². The molecule has 1 saturated heterocycles. The normalized spacial score (nSPS) is 16.4. The van der Waals surface area contributed by atoms with E-state index in [4.69, 9.17) is 4.74 Å². The predicted octanol–water partition coefficient (Wildman–Crippen LogP) is 4.25. The van der Waals surface area contributed by atoms with Crippen LogP contribution < -0.4 is 4.74 Å². The zero-order valence-electron chi connectivity index (χ0n) is 17.5. The standard InChI is InChI=1S/C24H27NO4/c1-15-12-19(13-16(2)23(15)29-4)22(27)18-8-7-11-25(14-18)24(28)21-10-6-5-9-20(21)17(3)26/h5-6,9-10,12-13,18H,7-8,11,14H2,1-4H3. The summed E-state index contributed by atoms with van der Waals surface area (Å²) in [5.41, 5.74) is 3.34. The highest BCUT2D eigenvalue weighted by Gasteiger charge is 2.31. The third-order valence-electron chi connectivity index (χ3n) is 5.57. The van der Waals surface area contributed by atoms with Gasteiger partial charge in [-0.3, -0.25) is 14.4 Å². The molecule has 1 aliphatic heterocycles. The minimum atomic E-state index is -0.246. The summed E-state index contributed by atoms with van der Waals surface area (Å²) < 4.78 is 5.39. The number of hydrogen-bond acceptors (Lipinski definition) is 4. The minimum absolute atomic E-state index is 0.0520. The molecule has 1 amide bonds. The Hall–Kier alpha value is -2.95. The molecule has 2 aromatic carbocycles. The number of hydrogen-bond donors (Lipinski definition) is 0. The molecule has 1 atom stereocenters. The average Bonchev–Trinajstić information content (AvgIpc) is 2.72. The molecule has 0 saturated carbocycles. The number of methoxy groups -OCH3 is 1. The summed E-state index contributed by atoms with van der Waals surface area (Å²) in [4.78, 5) is 39.8. The van der Waals surface area contributed by atoms with Gasteiger partial charge in [0.2, 0.25) is 0 Å². The maximum atomic E-state index is 13.2. The monoisotopic (exact) mass is 393 g/mol. The van der Waals surface area contributed by atoms with Gasteiger partial charge in [0, 0.05) is 30.1 Å². The highest BCUT2D eigenvalue weighted by Crippen LogP contribution is 2.28. The zero-order valence-corrected chi connectivity index (χ0v) is 17.5. The van der Waals surface area contributed by atoms with E-state index in [0.29, 0.717) is 29.8 Å². The van der Waals surface area contributed by atoms with E-state index in [1.54, 1.807) is 36.3 Å². The largest absolute Gasteiger partial charge is 0.496 e. The number of amides is 1. The lowest BCUT2D eigenvalue weighted by Gasteiger charge is -2.32. The summed E-state index contributed by atoms with van der Waals surface area (Å²) in [5, 5.41) is 0. The van der Waals surface area contributed by atoms with Crippen LogP contribution >= 0.6 is 0 Å². The van der Waals surface area contributed by atoms with Gasteiger partial charge in [-0.15, -0.1) is 0 Å². The van der Waals surface area contributed by atoms with Crippen molar-refractivity contribution in [3.8, 4) is 5.75 Å². The molecule has 0 aliphatic carbocycles. The van der Waals surface area contributed by atoms with Crippen molar-refractivity contribution in [1.82, 2.24) is 4.90 Å². The maximum Gasteiger partial charge on any atom is 0.254 e. The second-order valence-corrected chi connectivity index (χ2v) is 7.70. The van der Waals surface area contributed by atoms with Crippen molar-refractivity contribution in [1.29, 1.82) is 0 Å². The SMILES string of the molecule is COc1c(C)cc(C(=O)C2CCCN(C(=O)c3ccccc3C(C)=O)C2)cc1C. The highest BCUT2D eigenvalue weighted by atomic mass is 16.5. The predicted molar refractivity (Wildman–Crippen MR) is 112 cm³/mol. The third-order valence-corrected chi connectivity index (χ3v) is 5.57. The molecule has 5 nitrogen and oxygen atoms in total. The minimum Gasteiger partial charge on any atom is -0.496 e. The Morgan fingerprint density at radius 3 is 2.24 bits per heavy atom. The van der Waals surface area contributed by atoms with Crippen LogP contribution in [0.5, 0.6) is 5.75 Å². The molecule has 1 fully saturated rings. The van der Waals surface area contributed by atoms with Gasteiger partial charge in [0.1, 0.15) is 5.75 Å². The molecule has 0 spiro atoms. The first kappa shape index (κ1) is 20.8. The lowest BCUT2D eigenvalue weighted by molar-refractivity contribution is 0.0633. The van der Waals surface area contributed by atoms with Gasteiger partial charge in [0.25, 0.3) is 5.91 Å². The lowest BCUT2D eigenvalue weighted by Crippen LogP contribution is -2.42. The van der Waals surface area contributed by atoms with Crippen molar-refractivity contribution >= 4 is 17.5 Å². The van der Waals surface area contributed by atoms with Crippen LogP contribution in [0.4, 0.5) is 0 Å². The molecule has 0 bridgehead atoms. The maximum absolute atomic E-state index is 13.2. The smallest absolute Gasteiger partial charge is 0.254 e. The Morgan fingerprint density at radius 1 is 1.03 bits per heavy atom. The molecule has 0 N–H and O–H groups in total. The van der Waals surface area contributed by atoms with Crippen LogP contribution in [0.2, 0.25) is 0 Å². The number of likely N-dealkylation sites (tertiary alicyclic amines) is 1. The lowest BCUT2D eigenvalue weighted by atomic mass is 9.88. The first-order chi connectivity index (χ1) is 13.8. The van der Waals surface area contributed by atoms with Gasteiger partial charge in [0.05, 0.1) is 12.7 Å². The van der Waals surface area contributed by atoms with Crippen molar-refractivity contribution in [2.45, 2.75) is 33.6 Å². The number of piperidine rings is 1. The van der Waals surface area contributed by atoms with Crippen molar-refractivity contribution in [3.63, 3.8) is 0 Å². The Balaban J connectivity index is 1.82. The summed E-state index contributed by atoms with van der Waals surface area (Å²) in [6, 6.07) is 10.6. The molecule has 0 aromatic heterocycles. The van der Waals surface area contributed by atoms with E-state index in [9.17, 15) is 14.4 Å². The fourth-order valence-corrected chi connectivity index (χ4v) is 4.17. The zero-order chi connectivity index (χ0) is 21.1. The number of Topliss-reactive ketones (excluding diaryl/α,β-unsaturated/α-hetero) is 2. The number of carbonyl (C=O) groups is 3.